The lowest BCUT2D eigenvalue weighted by Crippen LogP contribution is -2.49. The van der Waals surface area contributed by atoms with Crippen LogP contribution in [0.4, 0.5) is 0 Å². The van der Waals surface area contributed by atoms with Crippen LogP contribution in [-0.4, -0.2) is 185 Å². The highest BCUT2D eigenvalue weighted by molar-refractivity contribution is 6.62. The first-order chi connectivity index (χ1) is 24.6. The van der Waals surface area contributed by atoms with Gasteiger partial charge >= 0.3 is 25.0 Å². The second-order valence-electron chi connectivity index (χ2n) is 13.8. The first-order valence-electron chi connectivity index (χ1n) is 17.3. The van der Waals surface area contributed by atoms with Crippen molar-refractivity contribution < 1.29 is 49.1 Å². The molecule has 0 radical (unpaired) electrons. The Balaban J connectivity index is 1.56. The van der Waals surface area contributed by atoms with Gasteiger partial charge in [-0.15, -0.1) is 0 Å². The number of pyridine rings is 1. The van der Waals surface area contributed by atoms with Crippen molar-refractivity contribution in [2.45, 2.75) is 13.1 Å². The molecule has 0 spiro atoms. The first-order valence-corrected chi connectivity index (χ1v) is 17.3. The molecule has 0 unspecified atom stereocenters. The van der Waals surface area contributed by atoms with Crippen molar-refractivity contribution in [3.63, 3.8) is 0 Å². The topological polar surface area (TPSA) is 193 Å². The quantitative estimate of drug-likeness (QED) is 0.0738. The predicted molar refractivity (Wildman–Crippen MR) is 195 cm³/mol. The number of carbonyl (C=O) groups is 4. The Hall–Kier alpha value is -4.23. The van der Waals surface area contributed by atoms with E-state index in [2.05, 4.69) is 4.57 Å². The number of fused-ring (bicyclic) bond motifs is 3. The van der Waals surface area contributed by atoms with Gasteiger partial charge in [0, 0.05) is 77.4 Å². The number of carboxylic acids is 3. The van der Waals surface area contributed by atoms with Crippen LogP contribution in [0.5, 0.6) is 0 Å². The minimum Gasteiger partial charge on any atom is -0.480 e. The van der Waals surface area contributed by atoms with Gasteiger partial charge in [-0.25, -0.2) is 0 Å². The third-order valence-corrected chi connectivity index (χ3v) is 9.46. The standard InChI is InChI=1S/C35H50BN7O9/c1-37(2)20-30-35-26(6-5-7-28(35)36(51)52)27-18-25(8-9-29(27)39(30)4)19-38(3)31(44)21-40-10-12-41(22-32(45)46)14-16-43(24-34(49)50)17-15-42(13-11-40)23-33(47)48/h5-9,18,51-52H,10-17,19-24H2,1-4H3,(H2-,45,46,47,48,49,50)/p+1. The smallest absolute Gasteiger partial charge is 0.480 e. The third kappa shape index (κ3) is 11.1. The van der Waals surface area contributed by atoms with Crippen LogP contribution in [0.25, 0.3) is 21.7 Å². The van der Waals surface area contributed by atoms with E-state index in [1.54, 1.807) is 38.8 Å². The summed E-state index contributed by atoms with van der Waals surface area (Å²) in [6.45, 7) is 2.68. The average Bonchev–Trinajstić information content (AvgIpc) is 3.06. The maximum absolute atomic E-state index is 13.7. The fourth-order valence-electron chi connectivity index (χ4n) is 6.78. The number of carboxylic acid groups (broad SMARTS) is 3. The molecule has 0 bridgehead atoms. The molecule has 17 heteroatoms. The minimum atomic E-state index is -1.65. The summed E-state index contributed by atoms with van der Waals surface area (Å²) >= 11 is 0. The molecule has 16 nitrogen and oxygen atoms in total. The summed E-state index contributed by atoms with van der Waals surface area (Å²) in [6, 6.07) is 11.5. The lowest BCUT2D eigenvalue weighted by atomic mass is 9.76. The Labute approximate surface area is 303 Å². The minimum absolute atomic E-state index is 0.0284. The summed E-state index contributed by atoms with van der Waals surface area (Å²) in [5.41, 5.74) is 3.18. The van der Waals surface area contributed by atoms with Gasteiger partial charge in [-0.05, 0) is 31.2 Å². The number of carbonyl (C=O) groups excluding carboxylic acids is 1. The van der Waals surface area contributed by atoms with E-state index in [1.807, 2.05) is 55.2 Å². The average molecular weight is 725 g/mol. The van der Waals surface area contributed by atoms with Crippen molar-refractivity contribution in [2.75, 3.05) is 99.7 Å². The van der Waals surface area contributed by atoms with E-state index in [0.29, 0.717) is 70.9 Å². The van der Waals surface area contributed by atoms with Gasteiger partial charge in [-0.3, -0.25) is 43.7 Å². The van der Waals surface area contributed by atoms with Gasteiger partial charge in [0.25, 0.3) is 0 Å². The van der Waals surface area contributed by atoms with Crippen molar-refractivity contribution in [2.24, 2.45) is 7.05 Å². The van der Waals surface area contributed by atoms with Gasteiger partial charge in [-0.1, -0.05) is 24.3 Å². The van der Waals surface area contributed by atoms with Gasteiger partial charge < -0.3 is 30.3 Å². The number of likely N-dealkylation sites (N-methyl/N-ethyl adjacent to an activating group) is 1. The lowest BCUT2D eigenvalue weighted by Gasteiger charge is -2.33. The Morgan fingerprint density at radius 1 is 0.692 bits per heavy atom. The molecule has 0 aliphatic carbocycles. The highest BCUT2D eigenvalue weighted by Crippen LogP contribution is 2.26. The normalized spacial score (nSPS) is 16.1. The summed E-state index contributed by atoms with van der Waals surface area (Å²) < 4.78 is 2.06. The fraction of sp³-hybridized carbons (Fsp3) is 0.514. The van der Waals surface area contributed by atoms with Crippen LogP contribution in [-0.2, 0) is 39.3 Å². The zero-order valence-electron chi connectivity index (χ0n) is 30.4. The van der Waals surface area contributed by atoms with E-state index in [1.165, 1.54) is 0 Å². The number of aliphatic carboxylic acids is 3. The van der Waals surface area contributed by atoms with Gasteiger partial charge in [0.15, 0.2) is 0 Å². The number of nitrogens with zero attached hydrogens (tertiary/aromatic N) is 7. The Morgan fingerprint density at radius 2 is 1.17 bits per heavy atom. The van der Waals surface area contributed by atoms with E-state index in [4.69, 9.17) is 0 Å². The molecule has 3 aromatic rings. The Morgan fingerprint density at radius 3 is 1.62 bits per heavy atom. The molecule has 1 aliphatic rings. The number of rotatable bonds is 13. The van der Waals surface area contributed by atoms with Crippen LogP contribution in [0.2, 0.25) is 0 Å². The number of hydrogen-bond donors (Lipinski definition) is 5. The van der Waals surface area contributed by atoms with Crippen LogP contribution in [0.3, 0.4) is 0 Å². The van der Waals surface area contributed by atoms with E-state index in [9.17, 15) is 44.5 Å². The van der Waals surface area contributed by atoms with Gasteiger partial charge in [0.1, 0.15) is 7.05 Å². The highest BCUT2D eigenvalue weighted by atomic mass is 16.4. The number of aromatic nitrogens is 1. The monoisotopic (exact) mass is 724 g/mol. The summed E-state index contributed by atoms with van der Waals surface area (Å²) in [7, 11) is 5.93. The molecule has 5 N–H and O–H groups in total. The van der Waals surface area contributed by atoms with Crippen molar-refractivity contribution >= 4 is 58.1 Å². The van der Waals surface area contributed by atoms with E-state index < -0.39 is 25.0 Å². The first kappa shape index (κ1) is 40.5. The van der Waals surface area contributed by atoms with Crippen LogP contribution >= 0.6 is 0 Å². The summed E-state index contributed by atoms with van der Waals surface area (Å²) in [6.07, 6.45) is 0. The summed E-state index contributed by atoms with van der Waals surface area (Å²) in [5, 5.41) is 51.5. The molecule has 1 aromatic heterocycles. The second kappa shape index (κ2) is 18.5. The van der Waals surface area contributed by atoms with Crippen LogP contribution < -0.4 is 10.0 Å². The molecule has 1 aliphatic heterocycles. The largest absolute Gasteiger partial charge is 0.489 e. The number of amides is 1. The Kier molecular flexibility index (Phi) is 14.4. The van der Waals surface area contributed by atoms with E-state index in [-0.39, 0.29) is 32.1 Å². The molecular formula is C35H51BN7O9+. The van der Waals surface area contributed by atoms with E-state index >= 15 is 0 Å². The van der Waals surface area contributed by atoms with Crippen molar-refractivity contribution in [1.82, 2.24) is 29.4 Å². The molecule has 4 rings (SSSR count). The molecule has 282 valence electrons. The Bertz CT molecular complexity index is 1730. The SMILES string of the molecule is CN(C)Cc1c2c(B(O)O)cccc2c2cc(CN(C)C(=O)CN3CCN(CC(=O)O)CCN(CC(=O)O)CCN(CC(=O)O)CC3)ccc2[n+]1C. The van der Waals surface area contributed by atoms with Crippen molar-refractivity contribution in [3.8, 4) is 0 Å². The third-order valence-electron chi connectivity index (χ3n) is 9.46. The molecule has 1 fully saturated rings. The molecule has 1 saturated heterocycles. The van der Waals surface area contributed by atoms with Gasteiger partial charge in [-0.2, -0.15) is 4.57 Å². The molecule has 2 aromatic carbocycles. The van der Waals surface area contributed by atoms with Crippen LogP contribution in [0.15, 0.2) is 36.4 Å². The zero-order valence-corrected chi connectivity index (χ0v) is 30.4. The molecular weight excluding hydrogens is 673 g/mol. The zero-order chi connectivity index (χ0) is 38.1. The molecule has 0 atom stereocenters. The fourth-order valence-corrected chi connectivity index (χ4v) is 6.78. The number of hydrogen-bond acceptors (Lipinski definition) is 11. The lowest BCUT2D eigenvalue weighted by molar-refractivity contribution is -0.652. The predicted octanol–water partition coefficient (Wildman–Crippen LogP) is -2.01. The van der Waals surface area contributed by atoms with Crippen LogP contribution in [0.1, 0.15) is 11.3 Å². The summed E-state index contributed by atoms with van der Waals surface area (Å²) in [4.78, 5) is 59.1. The molecule has 2 heterocycles. The van der Waals surface area contributed by atoms with E-state index in [0.717, 1.165) is 32.9 Å². The van der Waals surface area contributed by atoms with Gasteiger partial charge in [0.2, 0.25) is 17.1 Å². The van der Waals surface area contributed by atoms with Gasteiger partial charge in [0.05, 0.1) is 43.5 Å². The number of benzene rings is 2. The number of aryl methyl sites for hydroxylation is 1. The van der Waals surface area contributed by atoms with Crippen molar-refractivity contribution in [1.29, 1.82) is 0 Å². The maximum atomic E-state index is 13.7. The molecule has 52 heavy (non-hydrogen) atoms. The maximum Gasteiger partial charge on any atom is 0.489 e. The van der Waals surface area contributed by atoms with Crippen LogP contribution in [0, 0.1) is 0 Å². The second-order valence-corrected chi connectivity index (χ2v) is 13.8. The van der Waals surface area contributed by atoms with Crippen molar-refractivity contribution in [3.05, 3.63) is 47.7 Å². The highest BCUT2D eigenvalue weighted by Gasteiger charge is 2.27. The summed E-state index contributed by atoms with van der Waals surface area (Å²) in [5.74, 6) is -3.22. The molecule has 0 saturated carbocycles. The molecule has 1 amide bonds.